The molecule has 0 radical (unpaired) electrons. The summed E-state index contributed by atoms with van der Waals surface area (Å²) < 4.78 is 16.8. The minimum atomic E-state index is -0.822. The molecule has 0 rings (SSSR count). The van der Waals surface area contributed by atoms with E-state index in [1.54, 1.807) is 0 Å². The van der Waals surface area contributed by atoms with E-state index >= 15 is 0 Å². The Balaban J connectivity index is 4.41. The molecule has 0 saturated heterocycles. The number of ether oxygens (including phenoxy) is 3. The third kappa shape index (κ3) is 57.2. The summed E-state index contributed by atoms with van der Waals surface area (Å²) >= 11 is 0. The molecule has 0 aromatic rings. The predicted molar refractivity (Wildman–Crippen MR) is 311 cm³/mol. The molecule has 0 saturated carbocycles. The Hall–Kier alpha value is -3.67. The first kappa shape index (κ1) is 68.3. The van der Waals surface area contributed by atoms with Gasteiger partial charge in [-0.15, -0.1) is 0 Å². The van der Waals surface area contributed by atoms with E-state index in [2.05, 4.69) is 112 Å². The largest absolute Gasteiger partial charge is 0.462 e. The molecule has 0 aromatic carbocycles. The van der Waals surface area contributed by atoms with Gasteiger partial charge in [0.25, 0.3) is 0 Å². The van der Waals surface area contributed by atoms with Crippen molar-refractivity contribution in [1.82, 2.24) is 0 Å². The summed E-state index contributed by atoms with van der Waals surface area (Å²) in [6.07, 6.45) is 79.9. The summed E-state index contributed by atoms with van der Waals surface area (Å²) in [7, 11) is 0. The highest BCUT2D eigenvalue weighted by Crippen LogP contribution is 2.15. The number of rotatable bonds is 54. The smallest absolute Gasteiger partial charge is 0.306 e. The molecule has 0 aromatic heterocycles. The molecule has 0 spiro atoms. The van der Waals surface area contributed by atoms with Crippen LogP contribution in [0.25, 0.3) is 0 Å². The molecule has 0 bridgehead atoms. The van der Waals surface area contributed by atoms with E-state index in [-0.39, 0.29) is 31.6 Å². The first-order valence-electron chi connectivity index (χ1n) is 30.2. The molecule has 0 N–H and O–H groups in total. The third-order valence-corrected chi connectivity index (χ3v) is 12.8. The number of carbonyl (C=O) groups is 3. The van der Waals surface area contributed by atoms with Crippen molar-refractivity contribution in [3.8, 4) is 0 Å². The fraction of sp³-hybridized carbons (Fsp3) is 0.712. The SMILES string of the molecule is CC/C=C\C/C=C\C/C=C\C/C=C\C/C=C\C/C=C\CCC(=O)OC(COC(=O)CCCCCCC/C=C\CCCCC)COC(=O)CCCCCCCCCCCCC/C=C\CCCCCCCCCC. The Kier molecular flexibility index (Phi) is 56.8. The third-order valence-electron chi connectivity index (χ3n) is 12.8. The lowest BCUT2D eigenvalue weighted by molar-refractivity contribution is -0.166. The van der Waals surface area contributed by atoms with Crippen molar-refractivity contribution in [2.45, 2.75) is 290 Å². The van der Waals surface area contributed by atoms with Crippen LogP contribution >= 0.6 is 0 Å². The first-order chi connectivity index (χ1) is 35.5. The molecular formula is C66H112O6. The Bertz CT molecular complexity index is 1430. The molecule has 0 aliphatic rings. The Labute approximate surface area is 445 Å². The van der Waals surface area contributed by atoms with Gasteiger partial charge < -0.3 is 14.2 Å². The maximum atomic E-state index is 12.8. The predicted octanol–water partition coefficient (Wildman–Crippen LogP) is 20.5. The van der Waals surface area contributed by atoms with Gasteiger partial charge in [-0.05, 0) is 109 Å². The van der Waals surface area contributed by atoms with Crippen molar-refractivity contribution >= 4 is 17.9 Å². The maximum absolute atomic E-state index is 12.8. The Morgan fingerprint density at radius 3 is 0.931 bits per heavy atom. The van der Waals surface area contributed by atoms with Gasteiger partial charge in [0.2, 0.25) is 0 Å². The van der Waals surface area contributed by atoms with E-state index in [0.29, 0.717) is 19.3 Å². The second kappa shape index (κ2) is 59.9. The zero-order valence-corrected chi connectivity index (χ0v) is 47.2. The van der Waals surface area contributed by atoms with Crippen LogP contribution < -0.4 is 0 Å². The van der Waals surface area contributed by atoms with Crippen LogP contribution in [0.15, 0.2) is 97.2 Å². The molecule has 72 heavy (non-hydrogen) atoms. The van der Waals surface area contributed by atoms with Gasteiger partial charge in [-0.2, -0.15) is 0 Å². The molecule has 1 unspecified atom stereocenters. The fourth-order valence-corrected chi connectivity index (χ4v) is 8.28. The summed E-state index contributed by atoms with van der Waals surface area (Å²) in [5.74, 6) is -1.00. The van der Waals surface area contributed by atoms with E-state index in [9.17, 15) is 14.4 Å². The lowest BCUT2D eigenvalue weighted by atomic mass is 10.0. The second-order valence-electron chi connectivity index (χ2n) is 19.9. The highest BCUT2D eigenvalue weighted by atomic mass is 16.6. The molecule has 0 aliphatic heterocycles. The summed E-state index contributed by atoms with van der Waals surface area (Å²) in [6.45, 7) is 6.45. The lowest BCUT2D eigenvalue weighted by Crippen LogP contribution is -2.30. The quantitative estimate of drug-likeness (QED) is 0.0261. The lowest BCUT2D eigenvalue weighted by Gasteiger charge is -2.18. The van der Waals surface area contributed by atoms with Gasteiger partial charge in [0.15, 0.2) is 6.10 Å². The zero-order valence-electron chi connectivity index (χ0n) is 47.2. The Morgan fingerprint density at radius 2 is 0.569 bits per heavy atom. The first-order valence-corrected chi connectivity index (χ1v) is 30.2. The summed E-state index contributed by atoms with van der Waals surface area (Å²) in [4.78, 5) is 38.1. The van der Waals surface area contributed by atoms with Gasteiger partial charge in [0, 0.05) is 19.3 Å². The van der Waals surface area contributed by atoms with Crippen LogP contribution in [-0.4, -0.2) is 37.2 Å². The van der Waals surface area contributed by atoms with Crippen molar-refractivity contribution < 1.29 is 28.6 Å². The highest BCUT2D eigenvalue weighted by molar-refractivity contribution is 5.71. The number of unbranched alkanes of at least 4 members (excludes halogenated alkanes) is 27. The van der Waals surface area contributed by atoms with Crippen LogP contribution in [0.1, 0.15) is 284 Å². The van der Waals surface area contributed by atoms with Gasteiger partial charge >= 0.3 is 17.9 Å². The van der Waals surface area contributed by atoms with E-state index < -0.39 is 12.1 Å². The second-order valence-corrected chi connectivity index (χ2v) is 19.9. The van der Waals surface area contributed by atoms with Crippen molar-refractivity contribution in [3.63, 3.8) is 0 Å². The summed E-state index contributed by atoms with van der Waals surface area (Å²) in [6, 6.07) is 0. The number of allylic oxidation sites excluding steroid dienone is 16. The average Bonchev–Trinajstić information content (AvgIpc) is 3.38. The van der Waals surface area contributed by atoms with E-state index in [1.807, 2.05) is 6.08 Å². The van der Waals surface area contributed by atoms with Gasteiger partial charge in [-0.1, -0.05) is 253 Å². The minimum Gasteiger partial charge on any atom is -0.462 e. The molecule has 1 atom stereocenters. The monoisotopic (exact) mass is 1000 g/mol. The summed E-state index contributed by atoms with van der Waals surface area (Å²) in [5.41, 5.74) is 0. The Morgan fingerprint density at radius 1 is 0.292 bits per heavy atom. The van der Waals surface area contributed by atoms with Crippen molar-refractivity contribution in [2.24, 2.45) is 0 Å². The molecule has 0 amide bonds. The van der Waals surface area contributed by atoms with Crippen LogP contribution in [0.5, 0.6) is 0 Å². The highest BCUT2D eigenvalue weighted by Gasteiger charge is 2.19. The normalized spacial score (nSPS) is 12.8. The zero-order chi connectivity index (χ0) is 52.2. The van der Waals surface area contributed by atoms with Crippen LogP contribution in [0.3, 0.4) is 0 Å². The van der Waals surface area contributed by atoms with Gasteiger partial charge in [0.05, 0.1) is 0 Å². The fourth-order valence-electron chi connectivity index (χ4n) is 8.28. The average molecular weight is 1000 g/mol. The molecule has 0 fully saturated rings. The number of hydrogen-bond donors (Lipinski definition) is 0. The molecule has 0 aliphatic carbocycles. The van der Waals surface area contributed by atoms with E-state index in [4.69, 9.17) is 14.2 Å². The van der Waals surface area contributed by atoms with Gasteiger partial charge in [-0.3, -0.25) is 14.4 Å². The maximum Gasteiger partial charge on any atom is 0.306 e. The topological polar surface area (TPSA) is 78.9 Å². The van der Waals surface area contributed by atoms with E-state index in [0.717, 1.165) is 89.9 Å². The van der Waals surface area contributed by atoms with Crippen LogP contribution in [0, 0.1) is 0 Å². The molecule has 6 heteroatoms. The van der Waals surface area contributed by atoms with Crippen LogP contribution in [0.2, 0.25) is 0 Å². The van der Waals surface area contributed by atoms with Crippen molar-refractivity contribution in [2.75, 3.05) is 13.2 Å². The van der Waals surface area contributed by atoms with Gasteiger partial charge in [0.1, 0.15) is 13.2 Å². The van der Waals surface area contributed by atoms with Crippen LogP contribution in [-0.2, 0) is 28.6 Å². The number of carbonyl (C=O) groups excluding carboxylic acids is 3. The summed E-state index contributed by atoms with van der Waals surface area (Å²) in [5, 5.41) is 0. The number of esters is 3. The molecule has 0 heterocycles. The molecular weight excluding hydrogens is 889 g/mol. The molecule has 6 nitrogen and oxygen atoms in total. The van der Waals surface area contributed by atoms with Gasteiger partial charge in [-0.25, -0.2) is 0 Å². The molecule has 412 valence electrons. The standard InChI is InChI=1S/C66H112O6/c1-4-7-10-13-16-19-22-25-27-29-31-32-33-34-36-37-39-41-44-47-50-53-56-59-65(68)71-62-63(61-70-64(67)58-55-52-49-46-43-24-21-18-15-12-9-6-3)72-66(69)60-57-54-51-48-45-42-40-38-35-30-28-26-23-20-17-14-11-8-5-2/h8,11,17-18,20-21,26,28-29,31,35,38,42,45,51,54,63H,4-7,9-10,12-16,19,22-25,27,30,32-34,36-37,39-41,43-44,46-50,52-53,55-62H2,1-3H3/b11-8-,20-17-,21-18-,28-26-,31-29-,38-35-,45-42-,54-51-. The van der Waals surface area contributed by atoms with Crippen LogP contribution in [0.4, 0.5) is 0 Å². The minimum absolute atomic E-state index is 0.110. The van der Waals surface area contributed by atoms with Crippen molar-refractivity contribution in [3.05, 3.63) is 97.2 Å². The van der Waals surface area contributed by atoms with Crippen molar-refractivity contribution in [1.29, 1.82) is 0 Å². The number of hydrogen-bond acceptors (Lipinski definition) is 6. The van der Waals surface area contributed by atoms with E-state index in [1.165, 1.54) is 148 Å².